The van der Waals surface area contributed by atoms with Gasteiger partial charge in [0.1, 0.15) is 5.75 Å². The summed E-state index contributed by atoms with van der Waals surface area (Å²) in [6.07, 6.45) is -5.87. The van der Waals surface area contributed by atoms with Crippen LogP contribution in [-0.2, 0) is 20.7 Å². The smallest absolute Gasteiger partial charge is 0.479 e. The summed E-state index contributed by atoms with van der Waals surface area (Å²) >= 11 is 0. The largest absolute Gasteiger partial charge is 0.573 e. The summed E-state index contributed by atoms with van der Waals surface area (Å²) in [7, 11) is 0. The van der Waals surface area contributed by atoms with Gasteiger partial charge in [0.25, 0.3) is 0 Å². The molecule has 0 spiro atoms. The number of morpholine rings is 1. The molecule has 1 atom stereocenters. The predicted molar refractivity (Wildman–Crippen MR) is 70.8 cm³/mol. The molecule has 0 aliphatic carbocycles. The minimum atomic E-state index is -4.77. The average Bonchev–Trinajstić information content (AvgIpc) is 2.48. The van der Waals surface area contributed by atoms with Gasteiger partial charge in [0.15, 0.2) is 6.10 Å². The van der Waals surface area contributed by atoms with E-state index in [-0.39, 0.29) is 37.8 Å². The number of rotatable bonds is 4. The van der Waals surface area contributed by atoms with Crippen LogP contribution in [0.25, 0.3) is 0 Å². The Labute approximate surface area is 129 Å². The van der Waals surface area contributed by atoms with Crippen LogP contribution in [0.3, 0.4) is 0 Å². The number of carboxylic acids is 1. The van der Waals surface area contributed by atoms with Gasteiger partial charge in [0, 0.05) is 6.54 Å². The summed E-state index contributed by atoms with van der Waals surface area (Å²) in [5, 5.41) is 8.88. The quantitative estimate of drug-likeness (QED) is 0.902. The lowest BCUT2D eigenvalue weighted by molar-refractivity contribution is -0.274. The Bertz CT molecular complexity index is 573. The Hall–Kier alpha value is -2.29. The molecule has 1 aromatic rings. The molecule has 0 bridgehead atoms. The molecule has 1 aromatic carbocycles. The number of benzene rings is 1. The fourth-order valence-electron chi connectivity index (χ4n) is 2.12. The Kier molecular flexibility index (Phi) is 5.09. The number of alkyl halides is 3. The number of amides is 1. The molecule has 1 amide bonds. The fraction of sp³-hybridized carbons (Fsp3) is 0.429. The van der Waals surface area contributed by atoms with E-state index in [4.69, 9.17) is 9.84 Å². The predicted octanol–water partition coefficient (Wildman–Crippen LogP) is 1.44. The second kappa shape index (κ2) is 6.86. The van der Waals surface area contributed by atoms with E-state index < -0.39 is 18.4 Å². The molecule has 126 valence electrons. The van der Waals surface area contributed by atoms with Gasteiger partial charge in [-0.1, -0.05) is 12.1 Å². The van der Waals surface area contributed by atoms with E-state index in [1.54, 1.807) is 0 Å². The first-order valence-corrected chi connectivity index (χ1v) is 6.71. The SMILES string of the molecule is O=C(O)C1CN(C(=O)Cc2ccc(OC(F)(F)F)cc2)CCO1. The lowest BCUT2D eigenvalue weighted by Gasteiger charge is -2.31. The Morgan fingerprint density at radius 3 is 2.52 bits per heavy atom. The first-order chi connectivity index (χ1) is 10.7. The van der Waals surface area contributed by atoms with Gasteiger partial charge in [0.2, 0.25) is 5.91 Å². The van der Waals surface area contributed by atoms with E-state index >= 15 is 0 Å². The molecule has 1 N–H and O–H groups in total. The molecule has 0 aromatic heterocycles. The maximum absolute atomic E-state index is 12.1. The number of aliphatic carboxylic acids is 1. The first kappa shape index (κ1) is 17.1. The number of ether oxygens (including phenoxy) is 2. The zero-order valence-corrected chi connectivity index (χ0v) is 11.9. The highest BCUT2D eigenvalue weighted by molar-refractivity contribution is 5.80. The van der Waals surface area contributed by atoms with E-state index in [0.29, 0.717) is 5.56 Å². The molecule has 0 saturated carbocycles. The Morgan fingerprint density at radius 1 is 1.30 bits per heavy atom. The summed E-state index contributed by atoms with van der Waals surface area (Å²) in [6, 6.07) is 4.95. The molecular formula is C14H14F3NO5. The summed E-state index contributed by atoms with van der Waals surface area (Å²) in [6.45, 7) is 0.350. The van der Waals surface area contributed by atoms with Crippen LogP contribution in [0.15, 0.2) is 24.3 Å². The highest BCUT2D eigenvalue weighted by Crippen LogP contribution is 2.23. The van der Waals surface area contributed by atoms with Crippen LogP contribution in [0, 0.1) is 0 Å². The maximum atomic E-state index is 12.1. The number of hydrogen-bond donors (Lipinski definition) is 1. The molecule has 6 nitrogen and oxygen atoms in total. The second-order valence-corrected chi connectivity index (χ2v) is 4.91. The van der Waals surface area contributed by atoms with Crippen LogP contribution >= 0.6 is 0 Å². The molecule has 1 heterocycles. The number of halogens is 3. The molecular weight excluding hydrogens is 319 g/mol. The minimum Gasteiger partial charge on any atom is -0.479 e. The molecule has 1 aliphatic rings. The van der Waals surface area contributed by atoms with E-state index in [9.17, 15) is 22.8 Å². The van der Waals surface area contributed by atoms with Crippen LogP contribution in [0.1, 0.15) is 5.56 Å². The first-order valence-electron chi connectivity index (χ1n) is 6.71. The zero-order valence-electron chi connectivity index (χ0n) is 11.9. The van der Waals surface area contributed by atoms with Crippen LogP contribution in [-0.4, -0.2) is 54.0 Å². The van der Waals surface area contributed by atoms with Gasteiger partial charge in [-0.2, -0.15) is 0 Å². The van der Waals surface area contributed by atoms with Crippen molar-refractivity contribution in [2.75, 3.05) is 19.7 Å². The molecule has 1 fully saturated rings. The van der Waals surface area contributed by atoms with Crippen molar-refractivity contribution in [3.63, 3.8) is 0 Å². The molecule has 2 rings (SSSR count). The van der Waals surface area contributed by atoms with Crippen molar-refractivity contribution >= 4 is 11.9 Å². The van der Waals surface area contributed by atoms with Crippen molar-refractivity contribution in [2.24, 2.45) is 0 Å². The van der Waals surface area contributed by atoms with Gasteiger partial charge < -0.3 is 19.5 Å². The van der Waals surface area contributed by atoms with E-state index in [1.165, 1.54) is 17.0 Å². The van der Waals surface area contributed by atoms with Crippen molar-refractivity contribution in [1.29, 1.82) is 0 Å². The van der Waals surface area contributed by atoms with E-state index in [0.717, 1.165) is 12.1 Å². The standard InChI is InChI=1S/C14H14F3NO5/c15-14(16,17)23-10-3-1-9(2-4-10)7-12(19)18-5-6-22-11(8-18)13(20)21/h1-4,11H,5-8H2,(H,20,21). The Balaban J connectivity index is 1.93. The lowest BCUT2D eigenvalue weighted by atomic mass is 10.1. The van der Waals surface area contributed by atoms with Gasteiger partial charge >= 0.3 is 12.3 Å². The zero-order chi connectivity index (χ0) is 17.0. The summed E-state index contributed by atoms with van der Waals surface area (Å²) in [5.74, 6) is -1.83. The number of carbonyl (C=O) groups is 2. The van der Waals surface area contributed by atoms with Crippen LogP contribution < -0.4 is 4.74 Å². The van der Waals surface area contributed by atoms with Crippen LogP contribution in [0.5, 0.6) is 5.75 Å². The van der Waals surface area contributed by atoms with Crippen LogP contribution in [0.4, 0.5) is 13.2 Å². The topological polar surface area (TPSA) is 76.1 Å². The normalized spacial score (nSPS) is 18.6. The van der Waals surface area contributed by atoms with Gasteiger partial charge in [-0.25, -0.2) is 4.79 Å². The number of hydrogen-bond acceptors (Lipinski definition) is 4. The highest BCUT2D eigenvalue weighted by Gasteiger charge is 2.31. The Morgan fingerprint density at radius 2 is 1.96 bits per heavy atom. The lowest BCUT2D eigenvalue weighted by Crippen LogP contribution is -2.49. The third kappa shape index (κ3) is 5.13. The summed E-state index contributed by atoms with van der Waals surface area (Å²) in [4.78, 5) is 24.3. The number of nitrogens with zero attached hydrogens (tertiary/aromatic N) is 1. The highest BCUT2D eigenvalue weighted by atomic mass is 19.4. The van der Waals surface area contributed by atoms with E-state index in [2.05, 4.69) is 4.74 Å². The van der Waals surface area contributed by atoms with Crippen molar-refractivity contribution in [2.45, 2.75) is 18.9 Å². The molecule has 9 heteroatoms. The minimum absolute atomic E-state index is 0.0430. The fourth-order valence-corrected chi connectivity index (χ4v) is 2.12. The van der Waals surface area contributed by atoms with E-state index in [1.807, 2.05) is 0 Å². The maximum Gasteiger partial charge on any atom is 0.573 e. The molecule has 1 saturated heterocycles. The number of carbonyl (C=O) groups excluding carboxylic acids is 1. The molecule has 1 unspecified atom stereocenters. The summed E-state index contributed by atoms with van der Waals surface area (Å²) in [5.41, 5.74) is 0.503. The third-order valence-corrected chi connectivity index (χ3v) is 3.21. The van der Waals surface area contributed by atoms with Gasteiger partial charge in [-0.05, 0) is 17.7 Å². The van der Waals surface area contributed by atoms with Gasteiger partial charge in [0.05, 0.1) is 19.6 Å². The van der Waals surface area contributed by atoms with Crippen molar-refractivity contribution < 1.29 is 37.3 Å². The average molecular weight is 333 g/mol. The van der Waals surface area contributed by atoms with Crippen molar-refractivity contribution in [1.82, 2.24) is 4.90 Å². The second-order valence-electron chi connectivity index (χ2n) is 4.91. The molecule has 1 aliphatic heterocycles. The molecule has 23 heavy (non-hydrogen) atoms. The van der Waals surface area contributed by atoms with Crippen molar-refractivity contribution in [3.05, 3.63) is 29.8 Å². The van der Waals surface area contributed by atoms with Crippen LogP contribution in [0.2, 0.25) is 0 Å². The third-order valence-electron chi connectivity index (χ3n) is 3.21. The monoisotopic (exact) mass is 333 g/mol. The molecule has 0 radical (unpaired) electrons. The van der Waals surface area contributed by atoms with Gasteiger partial charge in [-0.3, -0.25) is 4.79 Å². The van der Waals surface area contributed by atoms with Gasteiger partial charge in [-0.15, -0.1) is 13.2 Å². The number of carboxylic acid groups (broad SMARTS) is 1. The summed E-state index contributed by atoms with van der Waals surface area (Å²) < 4.78 is 44.9. The van der Waals surface area contributed by atoms with Crippen molar-refractivity contribution in [3.8, 4) is 5.75 Å².